The molecule has 25 heavy (non-hydrogen) atoms. The van der Waals surface area contributed by atoms with Crippen LogP contribution in [0.25, 0.3) is 0 Å². The number of amides is 1. The second kappa shape index (κ2) is 8.11. The average Bonchev–Trinajstić information content (AvgIpc) is 2.89. The minimum Gasteiger partial charge on any atom is -0.491 e. The molecule has 2 N–H and O–H groups in total. The van der Waals surface area contributed by atoms with E-state index >= 15 is 0 Å². The molecular formula is C18H22N2O4S. The molecule has 1 amide bonds. The summed E-state index contributed by atoms with van der Waals surface area (Å²) in [6, 6.07) is 7.08. The van der Waals surface area contributed by atoms with Crippen LogP contribution in [-0.2, 0) is 11.2 Å². The van der Waals surface area contributed by atoms with Gasteiger partial charge in [-0.2, -0.15) is 0 Å². The van der Waals surface area contributed by atoms with E-state index in [0.717, 1.165) is 22.6 Å². The van der Waals surface area contributed by atoms with Gasteiger partial charge in [0.2, 0.25) is 5.91 Å². The first kappa shape index (κ1) is 18.9. The summed E-state index contributed by atoms with van der Waals surface area (Å²) in [7, 11) is 0. The van der Waals surface area contributed by atoms with Crippen molar-refractivity contribution in [1.82, 2.24) is 10.3 Å². The number of carbonyl (C=O) groups excluding carboxylic acids is 1. The number of ether oxygens (including phenoxy) is 1. The minimum atomic E-state index is -0.998. The van der Waals surface area contributed by atoms with Crippen LogP contribution >= 0.6 is 11.3 Å². The van der Waals surface area contributed by atoms with E-state index in [9.17, 15) is 9.59 Å². The highest BCUT2D eigenvalue weighted by Crippen LogP contribution is 2.23. The monoisotopic (exact) mass is 362 g/mol. The molecule has 0 saturated carbocycles. The first-order valence-corrected chi connectivity index (χ1v) is 8.83. The van der Waals surface area contributed by atoms with Crippen molar-refractivity contribution >= 4 is 23.2 Å². The quantitative estimate of drug-likeness (QED) is 0.788. The third kappa shape index (κ3) is 5.29. The number of aromatic nitrogens is 1. The standard InChI is InChI=1S/C18H22N2O4S/c1-10(2)24-14-7-5-6-13(8-14)9-15(21)19-12(4)17-20-11(3)16(25-17)18(22)23/h5-8,10,12H,9H2,1-4H3,(H,19,21)(H,22,23). The normalized spacial score (nSPS) is 12.0. The maximum absolute atomic E-state index is 12.3. The van der Waals surface area contributed by atoms with Crippen molar-refractivity contribution in [2.24, 2.45) is 0 Å². The molecule has 7 heteroatoms. The Balaban J connectivity index is 2.00. The molecule has 1 atom stereocenters. The van der Waals surface area contributed by atoms with E-state index in [1.807, 2.05) is 38.1 Å². The fraction of sp³-hybridized carbons (Fsp3) is 0.389. The van der Waals surface area contributed by atoms with Crippen LogP contribution in [0, 0.1) is 6.92 Å². The highest BCUT2D eigenvalue weighted by Gasteiger charge is 2.19. The Hall–Kier alpha value is -2.41. The van der Waals surface area contributed by atoms with Gasteiger partial charge in [-0.25, -0.2) is 9.78 Å². The summed E-state index contributed by atoms with van der Waals surface area (Å²) >= 11 is 1.09. The van der Waals surface area contributed by atoms with E-state index in [2.05, 4.69) is 10.3 Å². The molecule has 0 spiro atoms. The Bertz CT molecular complexity index is 770. The van der Waals surface area contributed by atoms with Crippen molar-refractivity contribution in [3.63, 3.8) is 0 Å². The third-order valence-electron chi connectivity index (χ3n) is 3.39. The van der Waals surface area contributed by atoms with E-state index in [1.54, 1.807) is 13.8 Å². The van der Waals surface area contributed by atoms with Gasteiger partial charge in [-0.05, 0) is 45.4 Å². The summed E-state index contributed by atoms with van der Waals surface area (Å²) in [6.45, 7) is 7.34. The van der Waals surface area contributed by atoms with Gasteiger partial charge in [0.1, 0.15) is 15.6 Å². The zero-order valence-corrected chi connectivity index (χ0v) is 15.5. The summed E-state index contributed by atoms with van der Waals surface area (Å²) in [6.07, 6.45) is 0.288. The van der Waals surface area contributed by atoms with Crippen LogP contribution in [0.3, 0.4) is 0 Å². The highest BCUT2D eigenvalue weighted by molar-refractivity contribution is 7.13. The predicted molar refractivity (Wildman–Crippen MR) is 96.3 cm³/mol. The van der Waals surface area contributed by atoms with Gasteiger partial charge in [-0.3, -0.25) is 4.79 Å². The largest absolute Gasteiger partial charge is 0.491 e. The SMILES string of the molecule is Cc1nc(C(C)NC(=O)Cc2cccc(OC(C)C)c2)sc1C(=O)O. The Morgan fingerprint density at radius 2 is 2.04 bits per heavy atom. The number of aromatic carboxylic acids is 1. The molecule has 1 aromatic heterocycles. The van der Waals surface area contributed by atoms with Crippen LogP contribution < -0.4 is 10.1 Å². The number of rotatable bonds is 7. The van der Waals surface area contributed by atoms with E-state index < -0.39 is 5.97 Å². The molecule has 0 aliphatic heterocycles. The average molecular weight is 362 g/mol. The zero-order chi connectivity index (χ0) is 18.6. The summed E-state index contributed by atoms with van der Waals surface area (Å²) in [5.41, 5.74) is 1.32. The summed E-state index contributed by atoms with van der Waals surface area (Å²) in [4.78, 5) is 27.8. The maximum atomic E-state index is 12.3. The number of hydrogen-bond donors (Lipinski definition) is 2. The van der Waals surface area contributed by atoms with Crippen molar-refractivity contribution in [1.29, 1.82) is 0 Å². The van der Waals surface area contributed by atoms with Crippen LogP contribution in [0.1, 0.15) is 52.7 Å². The molecule has 0 aliphatic carbocycles. The highest BCUT2D eigenvalue weighted by atomic mass is 32.1. The first-order valence-electron chi connectivity index (χ1n) is 8.02. The minimum absolute atomic E-state index is 0.0701. The number of nitrogens with zero attached hydrogens (tertiary/aromatic N) is 1. The molecule has 0 bridgehead atoms. The Labute approximate surface area is 150 Å². The Kier molecular flexibility index (Phi) is 6.14. The second-order valence-electron chi connectivity index (χ2n) is 6.05. The Morgan fingerprint density at radius 3 is 2.64 bits per heavy atom. The molecule has 0 radical (unpaired) electrons. The van der Waals surface area contributed by atoms with Gasteiger partial charge in [-0.15, -0.1) is 11.3 Å². The fourth-order valence-corrected chi connectivity index (χ4v) is 3.25. The van der Waals surface area contributed by atoms with Crippen molar-refractivity contribution in [2.75, 3.05) is 0 Å². The van der Waals surface area contributed by atoms with E-state index in [0.29, 0.717) is 10.7 Å². The molecule has 2 rings (SSSR count). The second-order valence-corrected chi connectivity index (χ2v) is 7.08. The number of hydrogen-bond acceptors (Lipinski definition) is 5. The number of benzene rings is 1. The number of aryl methyl sites for hydroxylation is 1. The van der Waals surface area contributed by atoms with Gasteiger partial charge in [0, 0.05) is 0 Å². The zero-order valence-electron chi connectivity index (χ0n) is 14.7. The van der Waals surface area contributed by atoms with Gasteiger partial charge < -0.3 is 15.2 Å². The molecule has 0 aliphatic rings. The van der Waals surface area contributed by atoms with E-state index in [1.165, 1.54) is 0 Å². The first-order chi connectivity index (χ1) is 11.8. The van der Waals surface area contributed by atoms with Gasteiger partial charge in [-0.1, -0.05) is 12.1 Å². The molecule has 6 nitrogen and oxygen atoms in total. The van der Waals surface area contributed by atoms with Gasteiger partial charge in [0.05, 0.1) is 24.3 Å². The molecule has 1 aromatic carbocycles. The van der Waals surface area contributed by atoms with Crippen molar-refractivity contribution in [3.8, 4) is 5.75 Å². The van der Waals surface area contributed by atoms with Crippen molar-refractivity contribution in [3.05, 3.63) is 45.4 Å². The van der Waals surface area contributed by atoms with Crippen LogP contribution in [-0.4, -0.2) is 28.1 Å². The molecule has 134 valence electrons. The van der Waals surface area contributed by atoms with E-state index in [4.69, 9.17) is 9.84 Å². The van der Waals surface area contributed by atoms with Crippen LogP contribution in [0.2, 0.25) is 0 Å². The smallest absolute Gasteiger partial charge is 0.347 e. The molecule has 1 unspecified atom stereocenters. The van der Waals surface area contributed by atoms with E-state index in [-0.39, 0.29) is 29.4 Å². The lowest BCUT2D eigenvalue weighted by molar-refractivity contribution is -0.121. The molecule has 0 fully saturated rings. The summed E-state index contributed by atoms with van der Waals surface area (Å²) in [5, 5.41) is 12.5. The molecule has 0 saturated heterocycles. The van der Waals surface area contributed by atoms with Gasteiger partial charge in [0.15, 0.2) is 0 Å². The van der Waals surface area contributed by atoms with Crippen molar-refractivity contribution in [2.45, 2.75) is 46.3 Å². The predicted octanol–water partition coefficient (Wildman–Crippen LogP) is 3.36. The number of carbonyl (C=O) groups is 2. The lowest BCUT2D eigenvalue weighted by Crippen LogP contribution is -2.28. The number of nitrogens with one attached hydrogen (secondary N) is 1. The van der Waals surface area contributed by atoms with Crippen molar-refractivity contribution < 1.29 is 19.4 Å². The molecular weight excluding hydrogens is 340 g/mol. The summed E-state index contributed by atoms with van der Waals surface area (Å²) in [5.74, 6) is -0.421. The lowest BCUT2D eigenvalue weighted by atomic mass is 10.1. The van der Waals surface area contributed by atoms with Crippen LogP contribution in [0.5, 0.6) is 5.75 Å². The van der Waals surface area contributed by atoms with Crippen LogP contribution in [0.4, 0.5) is 0 Å². The topological polar surface area (TPSA) is 88.5 Å². The number of carboxylic acids is 1. The number of thiazole rings is 1. The molecule has 2 aromatic rings. The van der Waals surface area contributed by atoms with Gasteiger partial charge in [0.25, 0.3) is 0 Å². The lowest BCUT2D eigenvalue weighted by Gasteiger charge is -2.13. The fourth-order valence-electron chi connectivity index (χ4n) is 2.34. The van der Waals surface area contributed by atoms with Gasteiger partial charge >= 0.3 is 5.97 Å². The summed E-state index contributed by atoms with van der Waals surface area (Å²) < 4.78 is 5.63. The third-order valence-corrected chi connectivity index (χ3v) is 4.72. The number of carboxylic acid groups (broad SMARTS) is 1. The Morgan fingerprint density at radius 1 is 1.32 bits per heavy atom. The molecule has 1 heterocycles. The maximum Gasteiger partial charge on any atom is 0.347 e. The van der Waals surface area contributed by atoms with Crippen LogP contribution in [0.15, 0.2) is 24.3 Å².